The number of aryl methyl sites for hydroxylation is 1. The number of benzene rings is 2. The molecule has 2 aromatic rings. The van der Waals surface area contributed by atoms with E-state index in [1.807, 2.05) is 37.3 Å². The third kappa shape index (κ3) is 5.09. The molecule has 4 nitrogen and oxygen atoms in total. The van der Waals surface area contributed by atoms with Crippen LogP contribution >= 0.6 is 0 Å². The van der Waals surface area contributed by atoms with Gasteiger partial charge in [0.2, 0.25) is 5.91 Å². The Morgan fingerprint density at radius 1 is 1.19 bits per heavy atom. The molecule has 138 valence electrons. The largest absolute Gasteiger partial charge is 0.489 e. The zero-order chi connectivity index (χ0) is 18.4. The van der Waals surface area contributed by atoms with E-state index in [1.165, 1.54) is 5.56 Å². The molecule has 1 amide bonds. The van der Waals surface area contributed by atoms with Crippen molar-refractivity contribution >= 4 is 5.91 Å². The monoisotopic (exact) mass is 352 g/mol. The minimum Gasteiger partial charge on any atom is -0.489 e. The fourth-order valence-electron chi connectivity index (χ4n) is 3.32. The van der Waals surface area contributed by atoms with Crippen LogP contribution in [0.5, 0.6) is 5.75 Å². The number of carbonyl (C=O) groups is 1. The molecule has 1 saturated heterocycles. The highest BCUT2D eigenvalue weighted by Gasteiger charge is 2.22. The van der Waals surface area contributed by atoms with Gasteiger partial charge in [-0.2, -0.15) is 0 Å². The Kier molecular flexibility index (Phi) is 6.29. The van der Waals surface area contributed by atoms with Gasteiger partial charge in [-0.1, -0.05) is 42.0 Å². The second-order valence-corrected chi connectivity index (χ2v) is 7.10. The van der Waals surface area contributed by atoms with Crippen molar-refractivity contribution in [1.29, 1.82) is 0 Å². The van der Waals surface area contributed by atoms with E-state index in [0.717, 1.165) is 42.8 Å². The van der Waals surface area contributed by atoms with E-state index in [1.54, 1.807) is 0 Å². The number of nitrogens with one attached hydrogen (secondary N) is 2. The first-order valence-corrected chi connectivity index (χ1v) is 9.41. The first kappa shape index (κ1) is 18.5. The van der Waals surface area contributed by atoms with Crippen LogP contribution in [0.4, 0.5) is 0 Å². The van der Waals surface area contributed by atoms with Gasteiger partial charge >= 0.3 is 0 Å². The van der Waals surface area contributed by atoms with E-state index in [9.17, 15) is 4.79 Å². The lowest BCUT2D eigenvalue weighted by Gasteiger charge is -2.24. The van der Waals surface area contributed by atoms with Gasteiger partial charge in [0.1, 0.15) is 12.4 Å². The summed E-state index contributed by atoms with van der Waals surface area (Å²) in [7, 11) is 0. The van der Waals surface area contributed by atoms with E-state index >= 15 is 0 Å². The zero-order valence-electron chi connectivity index (χ0n) is 15.6. The number of carbonyl (C=O) groups excluding carboxylic acids is 1. The van der Waals surface area contributed by atoms with Crippen molar-refractivity contribution in [2.75, 3.05) is 13.1 Å². The fraction of sp³-hybridized carbons (Fsp3) is 0.409. The third-order valence-corrected chi connectivity index (χ3v) is 4.94. The van der Waals surface area contributed by atoms with Crippen LogP contribution in [0, 0.1) is 12.8 Å². The van der Waals surface area contributed by atoms with E-state index in [2.05, 4.69) is 35.8 Å². The second kappa shape index (κ2) is 8.86. The minimum absolute atomic E-state index is 0.00297. The number of ether oxygens (including phenoxy) is 1. The predicted molar refractivity (Wildman–Crippen MR) is 104 cm³/mol. The van der Waals surface area contributed by atoms with Gasteiger partial charge in [0.05, 0.1) is 6.04 Å². The van der Waals surface area contributed by atoms with Crippen LogP contribution in [-0.4, -0.2) is 19.0 Å². The molecule has 0 spiro atoms. The van der Waals surface area contributed by atoms with Crippen LogP contribution in [0.15, 0.2) is 48.5 Å². The molecule has 0 aliphatic carbocycles. The Hall–Kier alpha value is -2.33. The summed E-state index contributed by atoms with van der Waals surface area (Å²) in [5.74, 6) is 1.14. The van der Waals surface area contributed by atoms with Crippen molar-refractivity contribution in [3.8, 4) is 5.75 Å². The van der Waals surface area contributed by atoms with Gasteiger partial charge < -0.3 is 15.4 Å². The molecule has 1 atom stereocenters. The smallest absolute Gasteiger partial charge is 0.223 e. The molecular weight excluding hydrogens is 324 g/mol. The lowest BCUT2D eigenvalue weighted by Crippen LogP contribution is -2.39. The Labute approximate surface area is 156 Å². The minimum atomic E-state index is 0.00297. The van der Waals surface area contributed by atoms with Gasteiger partial charge in [0.15, 0.2) is 0 Å². The van der Waals surface area contributed by atoms with Gasteiger partial charge in [-0.05, 0) is 63.0 Å². The molecule has 1 fully saturated rings. The summed E-state index contributed by atoms with van der Waals surface area (Å²) in [5, 5.41) is 6.44. The van der Waals surface area contributed by atoms with Crippen molar-refractivity contribution in [1.82, 2.24) is 10.6 Å². The molecule has 1 heterocycles. The lowest BCUT2D eigenvalue weighted by atomic mass is 9.96. The summed E-state index contributed by atoms with van der Waals surface area (Å²) in [4.78, 5) is 12.4. The molecule has 1 unspecified atom stereocenters. The molecular formula is C22H28N2O2. The second-order valence-electron chi connectivity index (χ2n) is 7.10. The van der Waals surface area contributed by atoms with Gasteiger partial charge in [0, 0.05) is 5.92 Å². The third-order valence-electron chi connectivity index (χ3n) is 4.94. The van der Waals surface area contributed by atoms with Gasteiger partial charge in [-0.25, -0.2) is 0 Å². The van der Waals surface area contributed by atoms with Crippen LogP contribution in [0.2, 0.25) is 0 Å². The normalized spacial score (nSPS) is 16.1. The van der Waals surface area contributed by atoms with Crippen molar-refractivity contribution in [3.05, 3.63) is 65.2 Å². The number of amides is 1. The van der Waals surface area contributed by atoms with Crippen LogP contribution in [-0.2, 0) is 11.4 Å². The molecule has 2 aromatic carbocycles. The maximum atomic E-state index is 12.4. The highest BCUT2D eigenvalue weighted by molar-refractivity contribution is 5.79. The molecule has 1 aliphatic rings. The van der Waals surface area contributed by atoms with Crippen molar-refractivity contribution in [2.45, 2.75) is 39.3 Å². The van der Waals surface area contributed by atoms with E-state index in [0.29, 0.717) is 6.61 Å². The summed E-state index contributed by atoms with van der Waals surface area (Å²) < 4.78 is 5.86. The molecule has 0 aromatic heterocycles. The zero-order valence-corrected chi connectivity index (χ0v) is 15.6. The number of rotatable bonds is 6. The van der Waals surface area contributed by atoms with Gasteiger partial charge in [0.25, 0.3) is 0 Å². The summed E-state index contributed by atoms with van der Waals surface area (Å²) >= 11 is 0. The Balaban J connectivity index is 1.52. The molecule has 0 radical (unpaired) electrons. The van der Waals surface area contributed by atoms with E-state index in [-0.39, 0.29) is 17.9 Å². The van der Waals surface area contributed by atoms with Crippen molar-refractivity contribution < 1.29 is 9.53 Å². The van der Waals surface area contributed by atoms with Gasteiger partial charge in [-0.3, -0.25) is 4.79 Å². The molecule has 26 heavy (non-hydrogen) atoms. The van der Waals surface area contributed by atoms with Crippen molar-refractivity contribution in [2.24, 2.45) is 5.92 Å². The maximum absolute atomic E-state index is 12.4. The summed E-state index contributed by atoms with van der Waals surface area (Å²) in [6.07, 6.45) is 1.84. The van der Waals surface area contributed by atoms with Crippen LogP contribution < -0.4 is 15.4 Å². The number of hydrogen-bond acceptors (Lipinski definition) is 3. The number of piperidine rings is 1. The lowest BCUT2D eigenvalue weighted by molar-refractivity contribution is -0.126. The van der Waals surface area contributed by atoms with Crippen molar-refractivity contribution in [3.63, 3.8) is 0 Å². The standard InChI is InChI=1S/C22H28N2O2/c1-16-4-3-5-18(14-16)15-26-21-8-6-19(7-9-21)17(2)24-22(25)20-10-12-23-13-11-20/h3-9,14,17,20,23H,10-13,15H2,1-2H3,(H,24,25). The Morgan fingerprint density at radius 2 is 1.92 bits per heavy atom. The predicted octanol–water partition coefficient (Wildman–Crippen LogP) is 3.75. The highest BCUT2D eigenvalue weighted by Crippen LogP contribution is 2.20. The quantitative estimate of drug-likeness (QED) is 0.832. The average Bonchev–Trinajstić information content (AvgIpc) is 2.67. The highest BCUT2D eigenvalue weighted by atomic mass is 16.5. The first-order chi connectivity index (χ1) is 12.6. The molecule has 3 rings (SSSR count). The molecule has 0 bridgehead atoms. The summed E-state index contributed by atoms with van der Waals surface area (Å²) in [5.41, 5.74) is 3.49. The Morgan fingerprint density at radius 3 is 2.62 bits per heavy atom. The summed E-state index contributed by atoms with van der Waals surface area (Å²) in [6, 6.07) is 16.3. The molecule has 1 aliphatic heterocycles. The molecule has 2 N–H and O–H groups in total. The Bertz CT molecular complexity index is 721. The number of hydrogen-bond donors (Lipinski definition) is 2. The maximum Gasteiger partial charge on any atom is 0.223 e. The summed E-state index contributed by atoms with van der Waals surface area (Å²) in [6.45, 7) is 6.53. The van der Waals surface area contributed by atoms with Crippen LogP contribution in [0.3, 0.4) is 0 Å². The average molecular weight is 352 g/mol. The molecule has 4 heteroatoms. The first-order valence-electron chi connectivity index (χ1n) is 9.41. The van der Waals surface area contributed by atoms with E-state index in [4.69, 9.17) is 4.74 Å². The molecule has 0 saturated carbocycles. The van der Waals surface area contributed by atoms with Crippen LogP contribution in [0.25, 0.3) is 0 Å². The van der Waals surface area contributed by atoms with Gasteiger partial charge in [-0.15, -0.1) is 0 Å². The van der Waals surface area contributed by atoms with Crippen LogP contribution in [0.1, 0.15) is 42.5 Å². The topological polar surface area (TPSA) is 50.4 Å². The SMILES string of the molecule is Cc1cccc(COc2ccc(C(C)NC(=O)C3CCNCC3)cc2)c1. The van der Waals surface area contributed by atoms with E-state index < -0.39 is 0 Å². The fourth-order valence-corrected chi connectivity index (χ4v) is 3.32.